The summed E-state index contributed by atoms with van der Waals surface area (Å²) in [6, 6.07) is 21.4. The van der Waals surface area contributed by atoms with Gasteiger partial charge in [-0.15, -0.1) is 0 Å². The maximum absolute atomic E-state index is 13.2. The van der Waals surface area contributed by atoms with Gasteiger partial charge in [0.15, 0.2) is 5.52 Å². The van der Waals surface area contributed by atoms with Crippen molar-refractivity contribution in [3.8, 4) is 0 Å². The summed E-state index contributed by atoms with van der Waals surface area (Å²) in [5.74, 6) is 0. The second-order valence-electron chi connectivity index (χ2n) is 6.92. The van der Waals surface area contributed by atoms with Crippen molar-refractivity contribution in [1.29, 1.82) is 0 Å². The van der Waals surface area contributed by atoms with Crippen molar-refractivity contribution in [3.05, 3.63) is 110 Å². The van der Waals surface area contributed by atoms with Crippen LogP contribution in [0.4, 0.5) is 0 Å². The maximum atomic E-state index is 13.2. The first kappa shape index (κ1) is 17.9. The number of aromatic nitrogens is 3. The molecule has 0 N–H and O–H groups in total. The molecular formula is C23H21N3O2. The smallest absolute Gasteiger partial charge is 0.291 e. The van der Waals surface area contributed by atoms with E-state index in [0.717, 1.165) is 16.7 Å². The van der Waals surface area contributed by atoms with Gasteiger partial charge in [-0.05, 0) is 36.6 Å². The summed E-state index contributed by atoms with van der Waals surface area (Å²) in [5.41, 5.74) is 3.43. The summed E-state index contributed by atoms with van der Waals surface area (Å²) in [6.07, 6.45) is 2.29. The van der Waals surface area contributed by atoms with Gasteiger partial charge in [0.1, 0.15) is 0 Å². The third-order valence-electron chi connectivity index (χ3n) is 4.91. The molecule has 2 aromatic heterocycles. The lowest BCUT2D eigenvalue weighted by molar-refractivity contribution is 0.599. The highest BCUT2D eigenvalue weighted by atomic mass is 16.2. The lowest BCUT2D eigenvalue weighted by Gasteiger charge is -2.14. The molecule has 0 aliphatic heterocycles. The van der Waals surface area contributed by atoms with Gasteiger partial charge in [-0.3, -0.25) is 13.9 Å². The highest BCUT2D eigenvalue weighted by Crippen LogP contribution is 2.09. The first-order chi connectivity index (χ1) is 13.6. The van der Waals surface area contributed by atoms with E-state index in [4.69, 9.17) is 0 Å². The summed E-state index contributed by atoms with van der Waals surface area (Å²) in [5, 5.41) is 0. The highest BCUT2D eigenvalue weighted by Gasteiger charge is 2.14. The van der Waals surface area contributed by atoms with Crippen LogP contribution in [0.15, 0.2) is 82.5 Å². The minimum Gasteiger partial charge on any atom is -0.291 e. The standard InChI is InChI=1S/C23H21N3O2/c1-17-9-11-19(12-10-17)16-26-22(27)21-20(8-5-14-24-21)25(23(26)28)15-13-18-6-3-2-4-7-18/h2-12,14H,13,15-16H2,1H3. The fourth-order valence-corrected chi connectivity index (χ4v) is 3.36. The third kappa shape index (κ3) is 3.51. The Morgan fingerprint density at radius 3 is 2.32 bits per heavy atom. The molecule has 0 atom stereocenters. The number of fused-ring (bicyclic) bond motifs is 1. The van der Waals surface area contributed by atoms with Crippen molar-refractivity contribution >= 4 is 11.0 Å². The summed E-state index contributed by atoms with van der Waals surface area (Å²) >= 11 is 0. The van der Waals surface area contributed by atoms with Gasteiger partial charge in [0.25, 0.3) is 5.56 Å². The van der Waals surface area contributed by atoms with Crippen LogP contribution < -0.4 is 11.2 Å². The lowest BCUT2D eigenvalue weighted by atomic mass is 10.1. The Morgan fingerprint density at radius 1 is 0.821 bits per heavy atom. The number of aryl methyl sites for hydroxylation is 3. The SMILES string of the molecule is Cc1ccc(Cn2c(=O)c3ncccc3n(CCc3ccccc3)c2=O)cc1. The van der Waals surface area contributed by atoms with Crippen molar-refractivity contribution < 1.29 is 0 Å². The molecule has 0 saturated heterocycles. The molecule has 5 nitrogen and oxygen atoms in total. The molecular weight excluding hydrogens is 350 g/mol. The molecule has 0 saturated carbocycles. The molecule has 4 rings (SSSR count). The number of nitrogens with zero attached hydrogens (tertiary/aromatic N) is 3. The number of hydrogen-bond donors (Lipinski definition) is 0. The molecule has 5 heteroatoms. The van der Waals surface area contributed by atoms with E-state index in [1.165, 1.54) is 4.57 Å². The van der Waals surface area contributed by atoms with E-state index in [1.54, 1.807) is 22.9 Å². The molecule has 0 amide bonds. The largest absolute Gasteiger partial charge is 0.331 e. The maximum Gasteiger partial charge on any atom is 0.331 e. The predicted molar refractivity (Wildman–Crippen MR) is 111 cm³/mol. The Hall–Kier alpha value is -3.47. The summed E-state index contributed by atoms with van der Waals surface area (Å²) in [7, 11) is 0. The fourth-order valence-electron chi connectivity index (χ4n) is 3.36. The van der Waals surface area contributed by atoms with Crippen LogP contribution in [0.3, 0.4) is 0 Å². The van der Waals surface area contributed by atoms with Crippen LogP contribution in [-0.2, 0) is 19.5 Å². The first-order valence-electron chi connectivity index (χ1n) is 9.31. The minimum atomic E-state index is -0.350. The van der Waals surface area contributed by atoms with Crippen LogP contribution in [-0.4, -0.2) is 14.1 Å². The monoisotopic (exact) mass is 371 g/mol. The number of hydrogen-bond acceptors (Lipinski definition) is 3. The van der Waals surface area contributed by atoms with Crippen LogP contribution >= 0.6 is 0 Å². The van der Waals surface area contributed by atoms with Crippen molar-refractivity contribution in [2.75, 3.05) is 0 Å². The fraction of sp³-hybridized carbons (Fsp3) is 0.174. The van der Waals surface area contributed by atoms with Gasteiger partial charge in [0, 0.05) is 12.7 Å². The van der Waals surface area contributed by atoms with E-state index in [2.05, 4.69) is 4.98 Å². The minimum absolute atomic E-state index is 0.232. The molecule has 2 heterocycles. The van der Waals surface area contributed by atoms with Gasteiger partial charge in [-0.2, -0.15) is 0 Å². The lowest BCUT2D eigenvalue weighted by Crippen LogP contribution is -2.41. The quantitative estimate of drug-likeness (QED) is 0.541. The molecule has 2 aromatic carbocycles. The van der Waals surface area contributed by atoms with E-state index in [9.17, 15) is 9.59 Å². The number of rotatable bonds is 5. The van der Waals surface area contributed by atoms with Crippen LogP contribution in [0.5, 0.6) is 0 Å². The molecule has 4 aromatic rings. The third-order valence-corrected chi connectivity index (χ3v) is 4.91. The van der Waals surface area contributed by atoms with Crippen LogP contribution in [0.1, 0.15) is 16.7 Å². The molecule has 140 valence electrons. The topological polar surface area (TPSA) is 56.9 Å². The second-order valence-corrected chi connectivity index (χ2v) is 6.92. The van der Waals surface area contributed by atoms with Crippen molar-refractivity contribution in [3.63, 3.8) is 0 Å². The number of benzene rings is 2. The van der Waals surface area contributed by atoms with E-state index in [0.29, 0.717) is 24.0 Å². The van der Waals surface area contributed by atoms with Crippen molar-refractivity contribution in [2.24, 2.45) is 0 Å². The van der Waals surface area contributed by atoms with E-state index in [-0.39, 0.29) is 17.8 Å². The van der Waals surface area contributed by atoms with Gasteiger partial charge < -0.3 is 0 Å². The Labute approximate surface area is 162 Å². The van der Waals surface area contributed by atoms with Crippen LogP contribution in [0.2, 0.25) is 0 Å². The van der Waals surface area contributed by atoms with Gasteiger partial charge in [0.05, 0.1) is 12.1 Å². The molecule has 28 heavy (non-hydrogen) atoms. The number of pyridine rings is 1. The molecule has 0 unspecified atom stereocenters. The zero-order valence-corrected chi connectivity index (χ0v) is 15.7. The van der Waals surface area contributed by atoms with Crippen LogP contribution in [0, 0.1) is 6.92 Å². The van der Waals surface area contributed by atoms with Crippen molar-refractivity contribution in [2.45, 2.75) is 26.4 Å². The average Bonchev–Trinajstić information content (AvgIpc) is 2.73. The summed E-state index contributed by atoms with van der Waals surface area (Å²) < 4.78 is 2.94. The molecule has 0 aliphatic carbocycles. The summed E-state index contributed by atoms with van der Waals surface area (Å²) in [4.78, 5) is 30.4. The predicted octanol–water partition coefficient (Wildman–Crippen LogP) is 3.16. The molecule has 0 aliphatic rings. The second kappa shape index (κ2) is 7.64. The normalized spacial score (nSPS) is 11.0. The Morgan fingerprint density at radius 2 is 1.57 bits per heavy atom. The highest BCUT2D eigenvalue weighted by molar-refractivity contribution is 5.73. The molecule has 0 fully saturated rings. The van der Waals surface area contributed by atoms with Crippen LogP contribution in [0.25, 0.3) is 11.0 Å². The van der Waals surface area contributed by atoms with Gasteiger partial charge in [0.2, 0.25) is 0 Å². The Balaban J connectivity index is 1.80. The Bertz CT molecular complexity index is 1220. The summed E-state index contributed by atoms with van der Waals surface area (Å²) in [6.45, 7) is 2.72. The molecule has 0 spiro atoms. The van der Waals surface area contributed by atoms with Gasteiger partial charge >= 0.3 is 5.69 Å². The zero-order chi connectivity index (χ0) is 19.5. The van der Waals surface area contributed by atoms with Gasteiger partial charge in [-0.1, -0.05) is 60.2 Å². The average molecular weight is 371 g/mol. The van der Waals surface area contributed by atoms with Crippen molar-refractivity contribution in [1.82, 2.24) is 14.1 Å². The zero-order valence-electron chi connectivity index (χ0n) is 15.7. The Kier molecular flexibility index (Phi) is 4.89. The molecule has 0 radical (unpaired) electrons. The van der Waals surface area contributed by atoms with Gasteiger partial charge in [-0.25, -0.2) is 9.78 Å². The van der Waals surface area contributed by atoms with E-state index in [1.807, 2.05) is 61.5 Å². The van der Waals surface area contributed by atoms with E-state index < -0.39 is 0 Å². The van der Waals surface area contributed by atoms with E-state index >= 15 is 0 Å². The first-order valence-corrected chi connectivity index (χ1v) is 9.31. The molecule has 0 bridgehead atoms.